The van der Waals surface area contributed by atoms with E-state index >= 15 is 0 Å². The number of nitrogens with zero attached hydrogens (tertiary/aromatic N) is 3. The topological polar surface area (TPSA) is 79.8 Å². The van der Waals surface area contributed by atoms with E-state index in [0.717, 1.165) is 22.8 Å². The molecule has 0 spiro atoms. The van der Waals surface area contributed by atoms with Gasteiger partial charge in [-0.25, -0.2) is 14.4 Å². The molecule has 6 nitrogen and oxygen atoms in total. The highest BCUT2D eigenvalue weighted by molar-refractivity contribution is 6.04. The summed E-state index contributed by atoms with van der Waals surface area (Å²) in [5, 5.41) is 6.08. The molecule has 4 aromatic rings. The van der Waals surface area contributed by atoms with Gasteiger partial charge in [0.2, 0.25) is 5.95 Å². The average molecular weight is 455 g/mol. The minimum atomic E-state index is -4.77. The number of hydrogen-bond acceptors (Lipinski definition) is 5. The van der Waals surface area contributed by atoms with Crippen LogP contribution in [0.1, 0.15) is 21.5 Å². The molecule has 0 atom stereocenters. The van der Waals surface area contributed by atoms with Gasteiger partial charge in [-0.05, 0) is 54.4 Å². The Morgan fingerprint density at radius 1 is 1.00 bits per heavy atom. The molecule has 0 aliphatic carbocycles. The Bertz CT molecular complexity index is 1370. The quantitative estimate of drug-likeness (QED) is 0.400. The van der Waals surface area contributed by atoms with E-state index in [4.69, 9.17) is 0 Å². The van der Waals surface area contributed by atoms with Crippen LogP contribution in [0.3, 0.4) is 0 Å². The predicted molar refractivity (Wildman–Crippen MR) is 116 cm³/mol. The molecule has 0 unspecified atom stereocenters. The first kappa shape index (κ1) is 22.1. The van der Waals surface area contributed by atoms with E-state index in [1.54, 1.807) is 37.6 Å². The maximum atomic E-state index is 13.7. The summed E-state index contributed by atoms with van der Waals surface area (Å²) in [5.41, 5.74) is 1.54. The van der Waals surface area contributed by atoms with Crippen LogP contribution in [-0.2, 0) is 6.18 Å². The lowest BCUT2D eigenvalue weighted by Gasteiger charge is -2.12. The number of fused-ring (bicyclic) bond motifs is 1. The van der Waals surface area contributed by atoms with Crippen LogP contribution in [0.4, 0.5) is 29.2 Å². The number of halogens is 4. The Morgan fingerprint density at radius 2 is 1.79 bits per heavy atom. The molecule has 2 heterocycles. The van der Waals surface area contributed by atoms with Crippen LogP contribution in [0.2, 0.25) is 0 Å². The lowest BCUT2D eigenvalue weighted by atomic mass is 10.0. The molecule has 0 bridgehead atoms. The smallest absolute Gasteiger partial charge is 0.357 e. The van der Waals surface area contributed by atoms with Gasteiger partial charge in [0.1, 0.15) is 5.82 Å². The molecule has 1 amide bonds. The first-order valence-corrected chi connectivity index (χ1v) is 9.75. The van der Waals surface area contributed by atoms with Gasteiger partial charge in [-0.3, -0.25) is 4.79 Å². The van der Waals surface area contributed by atoms with Gasteiger partial charge in [-0.1, -0.05) is 6.07 Å². The highest BCUT2D eigenvalue weighted by Crippen LogP contribution is 2.31. The fraction of sp³-hybridized carbons (Fsp3) is 0.130. The number of rotatable bonds is 4. The number of anilines is 2. The van der Waals surface area contributed by atoms with Crippen molar-refractivity contribution in [2.24, 2.45) is 0 Å². The van der Waals surface area contributed by atoms with E-state index in [2.05, 4.69) is 25.6 Å². The Hall–Kier alpha value is -4.08. The number of aryl methyl sites for hydroxylation is 1. The predicted octanol–water partition coefficient (Wildman–Crippen LogP) is 5.45. The third-order valence-corrected chi connectivity index (χ3v) is 4.95. The summed E-state index contributed by atoms with van der Waals surface area (Å²) in [5.74, 6) is -1.57. The molecule has 0 aliphatic rings. The number of pyridine rings is 1. The summed E-state index contributed by atoms with van der Waals surface area (Å²) >= 11 is 0. The van der Waals surface area contributed by atoms with Crippen molar-refractivity contribution in [1.29, 1.82) is 0 Å². The van der Waals surface area contributed by atoms with Crippen LogP contribution in [0, 0.1) is 12.7 Å². The average Bonchev–Trinajstić information content (AvgIpc) is 2.78. The van der Waals surface area contributed by atoms with Crippen molar-refractivity contribution in [3.8, 4) is 11.1 Å². The summed E-state index contributed by atoms with van der Waals surface area (Å²) in [6.45, 7) is 1.87. The molecule has 0 aliphatic heterocycles. The second-order valence-corrected chi connectivity index (χ2v) is 7.29. The van der Waals surface area contributed by atoms with Gasteiger partial charge < -0.3 is 10.6 Å². The first-order valence-electron chi connectivity index (χ1n) is 9.75. The highest BCUT2D eigenvalue weighted by atomic mass is 19.4. The van der Waals surface area contributed by atoms with Gasteiger partial charge in [-0.15, -0.1) is 0 Å². The zero-order valence-corrected chi connectivity index (χ0v) is 17.5. The number of hydrogen-bond donors (Lipinski definition) is 2. The fourth-order valence-electron chi connectivity index (χ4n) is 3.29. The molecular formula is C23H17F4N5O. The molecule has 2 N–H and O–H groups in total. The molecule has 4 rings (SSSR count). The Kier molecular flexibility index (Phi) is 5.67. The van der Waals surface area contributed by atoms with Gasteiger partial charge in [-0.2, -0.15) is 18.2 Å². The van der Waals surface area contributed by atoms with E-state index in [-0.39, 0.29) is 0 Å². The van der Waals surface area contributed by atoms with Gasteiger partial charge >= 0.3 is 6.18 Å². The normalized spacial score (nSPS) is 11.5. The summed E-state index contributed by atoms with van der Waals surface area (Å²) in [4.78, 5) is 25.3. The van der Waals surface area contributed by atoms with Crippen LogP contribution < -0.4 is 10.6 Å². The molecule has 2 aromatic carbocycles. The van der Waals surface area contributed by atoms with Gasteiger partial charge in [0.05, 0.1) is 5.56 Å². The van der Waals surface area contributed by atoms with E-state index in [0.29, 0.717) is 34.8 Å². The highest BCUT2D eigenvalue weighted by Gasteiger charge is 2.32. The number of carbonyl (C=O) groups excluding carboxylic acids is 1. The van der Waals surface area contributed by atoms with Crippen molar-refractivity contribution in [2.45, 2.75) is 13.1 Å². The summed E-state index contributed by atoms with van der Waals surface area (Å²) in [6, 6.07) is 8.59. The first-order chi connectivity index (χ1) is 15.6. The van der Waals surface area contributed by atoms with Gasteiger partial charge in [0.25, 0.3) is 5.91 Å². The molecule has 0 radical (unpaired) electrons. The lowest BCUT2D eigenvalue weighted by molar-refractivity contribution is -0.137. The van der Waals surface area contributed by atoms with Crippen molar-refractivity contribution < 1.29 is 22.4 Å². The zero-order chi connectivity index (χ0) is 23.8. The van der Waals surface area contributed by atoms with Crippen molar-refractivity contribution in [2.75, 3.05) is 17.7 Å². The lowest BCUT2D eigenvalue weighted by Crippen LogP contribution is -2.14. The van der Waals surface area contributed by atoms with Crippen molar-refractivity contribution in [3.63, 3.8) is 0 Å². The largest absolute Gasteiger partial charge is 0.416 e. The number of carbonyl (C=O) groups is 1. The van der Waals surface area contributed by atoms with Crippen LogP contribution in [0.15, 0.2) is 54.9 Å². The maximum absolute atomic E-state index is 13.7. The van der Waals surface area contributed by atoms with Gasteiger partial charge in [0, 0.05) is 41.6 Å². The molecule has 0 saturated carbocycles. The third kappa shape index (κ3) is 4.74. The Morgan fingerprint density at radius 3 is 2.52 bits per heavy atom. The van der Waals surface area contributed by atoms with Crippen LogP contribution in [0.5, 0.6) is 0 Å². The Balaban J connectivity index is 1.65. The molecule has 168 valence electrons. The summed E-state index contributed by atoms with van der Waals surface area (Å²) < 4.78 is 52.5. The zero-order valence-electron chi connectivity index (χ0n) is 17.5. The van der Waals surface area contributed by atoms with Crippen LogP contribution in [-0.4, -0.2) is 27.9 Å². The monoisotopic (exact) mass is 455 g/mol. The SMILES string of the molecule is CNc1ncc2cc(-c3cc(NC(=O)c4cc(F)cc(C(F)(F)F)c4)ccc3C)cnc2n1. The van der Waals surface area contributed by atoms with Crippen LogP contribution >= 0.6 is 0 Å². The van der Waals surface area contributed by atoms with Crippen molar-refractivity contribution in [3.05, 3.63) is 77.4 Å². The third-order valence-electron chi connectivity index (χ3n) is 4.95. The Labute approximate surface area is 185 Å². The molecule has 10 heteroatoms. The second kappa shape index (κ2) is 8.45. The van der Waals surface area contributed by atoms with E-state index in [9.17, 15) is 22.4 Å². The molecule has 33 heavy (non-hydrogen) atoms. The van der Waals surface area contributed by atoms with E-state index in [1.165, 1.54) is 0 Å². The number of amides is 1. The van der Waals surface area contributed by atoms with E-state index < -0.39 is 29.0 Å². The van der Waals surface area contributed by atoms with Crippen molar-refractivity contribution in [1.82, 2.24) is 15.0 Å². The molecule has 0 fully saturated rings. The van der Waals surface area contributed by atoms with Crippen LogP contribution in [0.25, 0.3) is 22.2 Å². The minimum Gasteiger partial charge on any atom is -0.357 e. The van der Waals surface area contributed by atoms with Gasteiger partial charge in [0.15, 0.2) is 5.65 Å². The molecule has 2 aromatic heterocycles. The van der Waals surface area contributed by atoms with Crippen molar-refractivity contribution >= 4 is 28.6 Å². The molecule has 0 saturated heterocycles. The second-order valence-electron chi connectivity index (χ2n) is 7.29. The number of aromatic nitrogens is 3. The van der Waals surface area contributed by atoms with E-state index in [1.807, 2.05) is 13.0 Å². The number of benzene rings is 2. The number of alkyl halides is 3. The number of nitrogens with one attached hydrogen (secondary N) is 2. The maximum Gasteiger partial charge on any atom is 0.416 e. The molecular weight excluding hydrogens is 438 g/mol. The summed E-state index contributed by atoms with van der Waals surface area (Å²) in [7, 11) is 1.70. The fourth-order valence-corrected chi connectivity index (χ4v) is 3.29. The summed E-state index contributed by atoms with van der Waals surface area (Å²) in [6.07, 6.45) is -1.51. The minimum absolute atomic E-state index is 0.334. The standard InChI is InChI=1S/C23H17F4N5O/c1-12-3-4-18(31-21(33)13-6-16(23(25,26)27)8-17(24)7-13)9-19(12)14-5-15-11-30-22(28-2)32-20(15)29-10-14/h3-11H,1-2H3,(H,31,33)(H,28,29,30,32).